The number of nitrogens with two attached hydrogens (primary N) is 1. The maximum absolute atomic E-state index is 5.87. The van der Waals surface area contributed by atoms with Gasteiger partial charge in [-0.25, -0.2) is 0 Å². The van der Waals surface area contributed by atoms with E-state index in [1.807, 2.05) is 6.92 Å². The lowest BCUT2D eigenvalue weighted by Crippen LogP contribution is -2.13. The van der Waals surface area contributed by atoms with E-state index in [-0.39, 0.29) is 0 Å². The zero-order valence-electron chi connectivity index (χ0n) is 7.54. The molecule has 1 aromatic carbocycles. The number of hydrogen-bond acceptors (Lipinski definition) is 2. The third-order valence-electron chi connectivity index (χ3n) is 1.58. The van der Waals surface area contributed by atoms with Gasteiger partial charge in [-0.3, -0.25) is 5.50 Å². The Kier molecular flexibility index (Phi) is 4.38. The predicted molar refractivity (Wildman–Crippen MR) is 66.2 cm³/mol. The van der Waals surface area contributed by atoms with Crippen molar-refractivity contribution in [1.82, 2.24) is 0 Å². The Hall–Kier alpha value is 0.370. The highest BCUT2D eigenvalue weighted by atomic mass is 35.5. The van der Waals surface area contributed by atoms with E-state index in [0.29, 0.717) is 16.7 Å². The first-order chi connectivity index (χ1) is 6.47. The molecule has 1 rings (SSSR count). The summed E-state index contributed by atoms with van der Waals surface area (Å²) >= 11 is 16.8. The van der Waals surface area contributed by atoms with Crippen LogP contribution in [0.5, 0.6) is 0 Å². The lowest BCUT2D eigenvalue weighted by atomic mass is 10.4. The Morgan fingerprint density at radius 1 is 1.43 bits per heavy atom. The Morgan fingerprint density at radius 2 is 2.07 bits per heavy atom. The van der Waals surface area contributed by atoms with Crippen LogP contribution in [0.3, 0.4) is 0 Å². The van der Waals surface area contributed by atoms with E-state index in [1.165, 1.54) is 0 Å². The summed E-state index contributed by atoms with van der Waals surface area (Å²) in [5.41, 5.74) is 5.87. The normalized spacial score (nSPS) is 15.1. The summed E-state index contributed by atoms with van der Waals surface area (Å²) in [6.07, 6.45) is -2.40. The summed E-state index contributed by atoms with van der Waals surface area (Å²) in [6, 6.07) is 5.09. The summed E-state index contributed by atoms with van der Waals surface area (Å²) in [5.74, 6) is 0. The fourth-order valence-electron chi connectivity index (χ4n) is 0.945. The molecule has 0 bridgehead atoms. The SMILES string of the molecule is CCOP(N)(=S)c1ccc(Cl)c(Cl)c1. The number of halogens is 2. The van der Waals surface area contributed by atoms with Gasteiger partial charge >= 0.3 is 0 Å². The summed E-state index contributed by atoms with van der Waals surface area (Å²) in [6.45, 7) is 2.35. The zero-order valence-corrected chi connectivity index (χ0v) is 10.8. The lowest BCUT2D eigenvalue weighted by Gasteiger charge is -2.16. The second-order valence-electron chi connectivity index (χ2n) is 2.61. The number of hydrogen-bond donors (Lipinski definition) is 1. The van der Waals surface area contributed by atoms with Crippen LogP contribution in [-0.2, 0) is 16.3 Å². The molecule has 2 nitrogen and oxygen atoms in total. The van der Waals surface area contributed by atoms with Gasteiger partial charge in [0.25, 0.3) is 0 Å². The third-order valence-corrected chi connectivity index (χ3v) is 4.91. The predicted octanol–water partition coefficient (Wildman–Crippen LogP) is 2.92. The van der Waals surface area contributed by atoms with Crippen molar-refractivity contribution in [1.29, 1.82) is 0 Å². The summed E-state index contributed by atoms with van der Waals surface area (Å²) in [4.78, 5) is 0. The molecule has 1 aromatic rings. The van der Waals surface area contributed by atoms with Gasteiger partial charge in [0.15, 0.2) is 6.42 Å². The van der Waals surface area contributed by atoms with Crippen LogP contribution in [0.2, 0.25) is 10.0 Å². The van der Waals surface area contributed by atoms with Crippen LogP contribution in [0.25, 0.3) is 0 Å². The molecule has 0 spiro atoms. The molecule has 0 fully saturated rings. The molecular weight excluding hydrogens is 260 g/mol. The van der Waals surface area contributed by atoms with Crippen LogP contribution in [0.15, 0.2) is 18.2 Å². The Morgan fingerprint density at radius 3 is 2.57 bits per heavy atom. The molecule has 0 amide bonds. The van der Waals surface area contributed by atoms with Crippen LogP contribution >= 0.6 is 29.6 Å². The first-order valence-electron chi connectivity index (χ1n) is 3.96. The van der Waals surface area contributed by atoms with Gasteiger partial charge in [0.1, 0.15) is 0 Å². The highest BCUT2D eigenvalue weighted by Crippen LogP contribution is 2.38. The van der Waals surface area contributed by atoms with Gasteiger partial charge in [0, 0.05) is 5.30 Å². The van der Waals surface area contributed by atoms with Crippen molar-refractivity contribution in [3.05, 3.63) is 28.2 Å². The Labute approximate surface area is 98.5 Å². The molecule has 0 heterocycles. The van der Waals surface area contributed by atoms with Crippen molar-refractivity contribution in [2.45, 2.75) is 6.92 Å². The van der Waals surface area contributed by atoms with Crippen molar-refractivity contribution in [3.63, 3.8) is 0 Å². The minimum absolute atomic E-state index is 0.448. The topological polar surface area (TPSA) is 35.2 Å². The fourth-order valence-corrected chi connectivity index (χ4v) is 3.10. The number of rotatable bonds is 3. The van der Waals surface area contributed by atoms with E-state index < -0.39 is 6.42 Å². The van der Waals surface area contributed by atoms with E-state index in [2.05, 4.69) is 0 Å². The van der Waals surface area contributed by atoms with Crippen LogP contribution in [-0.4, -0.2) is 6.61 Å². The van der Waals surface area contributed by atoms with Crippen molar-refractivity contribution in [2.75, 3.05) is 6.61 Å². The number of benzene rings is 1. The largest absolute Gasteiger partial charge is 0.335 e. The average Bonchev–Trinajstić information content (AvgIpc) is 2.09. The fraction of sp³-hybridized carbons (Fsp3) is 0.250. The average molecular weight is 270 g/mol. The molecular formula is C8H10Cl2NOPS. The van der Waals surface area contributed by atoms with Crippen molar-refractivity contribution in [3.8, 4) is 0 Å². The van der Waals surface area contributed by atoms with Crippen molar-refractivity contribution >= 4 is 46.7 Å². The minimum Gasteiger partial charge on any atom is -0.335 e. The molecule has 0 aromatic heterocycles. The Bertz CT molecular complexity index is 386. The van der Waals surface area contributed by atoms with Gasteiger partial charge in [-0.2, -0.15) is 0 Å². The molecule has 0 aliphatic rings. The highest BCUT2D eigenvalue weighted by Gasteiger charge is 2.15. The molecule has 2 N–H and O–H groups in total. The maximum atomic E-state index is 5.87. The first-order valence-corrected chi connectivity index (χ1v) is 7.50. The summed E-state index contributed by atoms with van der Waals surface area (Å²) in [7, 11) is 0. The van der Waals surface area contributed by atoms with E-state index in [1.54, 1.807) is 18.2 Å². The van der Waals surface area contributed by atoms with E-state index in [4.69, 9.17) is 45.0 Å². The van der Waals surface area contributed by atoms with Gasteiger partial charge in [-0.15, -0.1) is 0 Å². The van der Waals surface area contributed by atoms with Gasteiger partial charge in [0.2, 0.25) is 0 Å². The molecule has 78 valence electrons. The molecule has 1 unspecified atom stereocenters. The molecule has 0 aliphatic heterocycles. The van der Waals surface area contributed by atoms with Crippen LogP contribution in [0, 0.1) is 0 Å². The third kappa shape index (κ3) is 2.93. The molecule has 0 radical (unpaired) electrons. The highest BCUT2D eigenvalue weighted by molar-refractivity contribution is 8.14. The van der Waals surface area contributed by atoms with Crippen LogP contribution in [0.1, 0.15) is 6.92 Å². The first kappa shape index (κ1) is 12.4. The van der Waals surface area contributed by atoms with Crippen molar-refractivity contribution < 1.29 is 4.52 Å². The molecule has 0 saturated carbocycles. The second-order valence-corrected chi connectivity index (χ2v) is 7.02. The minimum atomic E-state index is -2.40. The smallest absolute Gasteiger partial charge is 0.156 e. The summed E-state index contributed by atoms with van der Waals surface area (Å²) in [5, 5.41) is 1.68. The van der Waals surface area contributed by atoms with Gasteiger partial charge in [-0.1, -0.05) is 23.2 Å². The summed E-state index contributed by atoms with van der Waals surface area (Å²) < 4.78 is 5.31. The zero-order chi connectivity index (χ0) is 10.8. The second kappa shape index (κ2) is 4.93. The molecule has 1 atom stereocenters. The quantitative estimate of drug-likeness (QED) is 0.858. The standard InChI is InChI=1S/C8H10Cl2NOPS/c1-2-12-13(11,14)6-3-4-7(9)8(10)5-6/h3-5H,2H2,1H3,(H2,11,14). The molecule has 6 heteroatoms. The molecule has 0 aliphatic carbocycles. The van der Waals surface area contributed by atoms with E-state index in [9.17, 15) is 0 Å². The lowest BCUT2D eigenvalue weighted by molar-refractivity contribution is 0.382. The van der Waals surface area contributed by atoms with Gasteiger partial charge < -0.3 is 4.52 Å². The van der Waals surface area contributed by atoms with Crippen LogP contribution < -0.4 is 10.8 Å². The maximum Gasteiger partial charge on any atom is 0.156 e. The van der Waals surface area contributed by atoms with E-state index >= 15 is 0 Å². The molecule has 0 saturated heterocycles. The van der Waals surface area contributed by atoms with Crippen molar-refractivity contribution in [2.24, 2.45) is 5.50 Å². The van der Waals surface area contributed by atoms with Crippen LogP contribution in [0.4, 0.5) is 0 Å². The molecule has 14 heavy (non-hydrogen) atoms. The van der Waals surface area contributed by atoms with Gasteiger partial charge in [0.05, 0.1) is 16.7 Å². The van der Waals surface area contributed by atoms with E-state index in [0.717, 1.165) is 5.30 Å². The van der Waals surface area contributed by atoms with Gasteiger partial charge in [-0.05, 0) is 36.9 Å². The Balaban J connectivity index is 3.08. The monoisotopic (exact) mass is 269 g/mol.